The molecule has 0 aromatic heterocycles. The lowest BCUT2D eigenvalue weighted by Gasteiger charge is -2.24. The molecule has 0 amide bonds. The summed E-state index contributed by atoms with van der Waals surface area (Å²) in [7, 11) is 3.67. The van der Waals surface area contributed by atoms with Crippen LogP contribution < -0.4 is 15.4 Å². The van der Waals surface area contributed by atoms with Gasteiger partial charge in [-0.2, -0.15) is 0 Å². The van der Waals surface area contributed by atoms with Crippen molar-refractivity contribution in [2.75, 3.05) is 32.1 Å². The van der Waals surface area contributed by atoms with Crippen molar-refractivity contribution in [1.29, 1.82) is 0 Å². The standard InChI is InChI=1S/C12H19ClN2O/c1-9(7-14)8-15(2)11-6-10(13)4-5-12(11)16-3/h4-6,9H,7-8,14H2,1-3H3. The van der Waals surface area contributed by atoms with Gasteiger partial charge in [0.1, 0.15) is 5.75 Å². The molecule has 1 unspecified atom stereocenters. The summed E-state index contributed by atoms with van der Waals surface area (Å²) in [5, 5.41) is 0.711. The number of nitrogens with zero attached hydrogens (tertiary/aromatic N) is 1. The van der Waals surface area contributed by atoms with Gasteiger partial charge in [0.05, 0.1) is 12.8 Å². The van der Waals surface area contributed by atoms with Crippen molar-refractivity contribution >= 4 is 17.3 Å². The number of hydrogen-bond acceptors (Lipinski definition) is 3. The summed E-state index contributed by atoms with van der Waals surface area (Å²) in [6.07, 6.45) is 0. The molecule has 4 heteroatoms. The second-order valence-electron chi connectivity index (χ2n) is 4.04. The topological polar surface area (TPSA) is 38.5 Å². The lowest BCUT2D eigenvalue weighted by Crippen LogP contribution is -2.28. The first-order valence-corrected chi connectivity index (χ1v) is 5.71. The second kappa shape index (κ2) is 5.97. The van der Waals surface area contributed by atoms with Crippen molar-refractivity contribution in [3.05, 3.63) is 23.2 Å². The number of methoxy groups -OCH3 is 1. The van der Waals surface area contributed by atoms with E-state index in [1.54, 1.807) is 7.11 Å². The molecule has 0 saturated carbocycles. The van der Waals surface area contributed by atoms with Crippen LogP contribution in [0.5, 0.6) is 5.75 Å². The highest BCUT2D eigenvalue weighted by Crippen LogP contribution is 2.30. The quantitative estimate of drug-likeness (QED) is 0.862. The van der Waals surface area contributed by atoms with E-state index in [-0.39, 0.29) is 0 Å². The first kappa shape index (κ1) is 13.1. The van der Waals surface area contributed by atoms with Crippen LogP contribution in [0.1, 0.15) is 6.92 Å². The lowest BCUT2D eigenvalue weighted by atomic mass is 10.1. The minimum Gasteiger partial charge on any atom is -0.495 e. The largest absolute Gasteiger partial charge is 0.495 e. The molecule has 90 valence electrons. The van der Waals surface area contributed by atoms with E-state index >= 15 is 0 Å². The number of hydrogen-bond donors (Lipinski definition) is 1. The summed E-state index contributed by atoms with van der Waals surface area (Å²) in [4.78, 5) is 2.11. The van der Waals surface area contributed by atoms with Gasteiger partial charge >= 0.3 is 0 Å². The van der Waals surface area contributed by atoms with Gasteiger partial charge in [-0.1, -0.05) is 18.5 Å². The number of nitrogens with two attached hydrogens (primary N) is 1. The minimum absolute atomic E-state index is 0.439. The third-order valence-corrected chi connectivity index (χ3v) is 2.78. The molecule has 1 aromatic carbocycles. The Morgan fingerprint density at radius 3 is 2.75 bits per heavy atom. The monoisotopic (exact) mass is 242 g/mol. The van der Waals surface area contributed by atoms with Crippen molar-refractivity contribution < 1.29 is 4.74 Å². The van der Waals surface area contributed by atoms with Crippen LogP contribution in [0.4, 0.5) is 5.69 Å². The third kappa shape index (κ3) is 3.29. The van der Waals surface area contributed by atoms with Crippen molar-refractivity contribution in [1.82, 2.24) is 0 Å². The zero-order valence-corrected chi connectivity index (χ0v) is 10.8. The molecule has 0 saturated heterocycles. The molecule has 1 rings (SSSR count). The summed E-state index contributed by atoms with van der Waals surface area (Å²) in [6.45, 7) is 3.67. The van der Waals surface area contributed by atoms with Crippen LogP contribution in [-0.4, -0.2) is 27.2 Å². The zero-order chi connectivity index (χ0) is 12.1. The molecule has 0 fully saturated rings. The highest BCUT2D eigenvalue weighted by molar-refractivity contribution is 6.30. The van der Waals surface area contributed by atoms with Gasteiger partial charge in [0.2, 0.25) is 0 Å². The van der Waals surface area contributed by atoms with Gasteiger partial charge in [-0.15, -0.1) is 0 Å². The normalized spacial score (nSPS) is 12.3. The average molecular weight is 243 g/mol. The van der Waals surface area contributed by atoms with Crippen LogP contribution in [0.25, 0.3) is 0 Å². The molecule has 0 spiro atoms. The molecule has 0 radical (unpaired) electrons. The van der Waals surface area contributed by atoms with Crippen LogP contribution in [0.2, 0.25) is 5.02 Å². The Hall–Kier alpha value is -0.930. The number of ether oxygens (including phenoxy) is 1. The Kier molecular flexibility index (Phi) is 4.90. The highest BCUT2D eigenvalue weighted by atomic mass is 35.5. The molecule has 0 aliphatic carbocycles. The summed E-state index contributed by atoms with van der Waals surface area (Å²) in [5.74, 6) is 1.27. The van der Waals surface area contributed by atoms with Crippen LogP contribution >= 0.6 is 11.6 Å². The SMILES string of the molecule is COc1ccc(Cl)cc1N(C)CC(C)CN. The second-order valence-corrected chi connectivity index (χ2v) is 4.47. The maximum Gasteiger partial charge on any atom is 0.142 e. The Bertz CT molecular complexity index is 344. The molecule has 1 atom stereocenters. The number of halogens is 1. The lowest BCUT2D eigenvalue weighted by molar-refractivity contribution is 0.414. The van der Waals surface area contributed by atoms with Crippen molar-refractivity contribution in [2.24, 2.45) is 11.7 Å². The maximum atomic E-state index is 5.98. The fraction of sp³-hybridized carbons (Fsp3) is 0.500. The summed E-state index contributed by atoms with van der Waals surface area (Å²) in [6, 6.07) is 5.61. The zero-order valence-electron chi connectivity index (χ0n) is 10.0. The summed E-state index contributed by atoms with van der Waals surface area (Å²) < 4.78 is 5.31. The van der Waals surface area contributed by atoms with E-state index in [1.807, 2.05) is 25.2 Å². The number of anilines is 1. The Morgan fingerprint density at radius 1 is 1.50 bits per heavy atom. The summed E-state index contributed by atoms with van der Waals surface area (Å²) >= 11 is 5.98. The molecule has 0 heterocycles. The maximum absolute atomic E-state index is 5.98. The fourth-order valence-corrected chi connectivity index (χ4v) is 1.77. The summed E-state index contributed by atoms with van der Waals surface area (Å²) in [5.41, 5.74) is 6.61. The van der Waals surface area contributed by atoms with E-state index in [4.69, 9.17) is 22.1 Å². The van der Waals surface area contributed by atoms with Gasteiger partial charge in [-0.05, 0) is 30.7 Å². The van der Waals surface area contributed by atoms with Crippen LogP contribution in [0.15, 0.2) is 18.2 Å². The molecular weight excluding hydrogens is 224 g/mol. The molecule has 0 aliphatic rings. The van der Waals surface area contributed by atoms with Crippen LogP contribution in [-0.2, 0) is 0 Å². The number of rotatable bonds is 5. The Labute approximate surface area is 102 Å². The molecule has 2 N–H and O–H groups in total. The predicted molar refractivity (Wildman–Crippen MR) is 69.5 cm³/mol. The van der Waals surface area contributed by atoms with Gasteiger partial charge in [0.25, 0.3) is 0 Å². The smallest absolute Gasteiger partial charge is 0.142 e. The molecule has 0 bridgehead atoms. The van der Waals surface area contributed by atoms with Crippen molar-refractivity contribution in [2.45, 2.75) is 6.92 Å². The van der Waals surface area contributed by atoms with Gasteiger partial charge in [0, 0.05) is 18.6 Å². The van der Waals surface area contributed by atoms with E-state index in [1.165, 1.54) is 0 Å². The van der Waals surface area contributed by atoms with E-state index in [2.05, 4.69) is 11.8 Å². The van der Waals surface area contributed by atoms with E-state index in [0.717, 1.165) is 18.0 Å². The van der Waals surface area contributed by atoms with Crippen LogP contribution in [0.3, 0.4) is 0 Å². The molecular formula is C12H19ClN2O. The van der Waals surface area contributed by atoms with Gasteiger partial charge in [-0.3, -0.25) is 0 Å². The molecule has 0 aliphatic heterocycles. The van der Waals surface area contributed by atoms with Crippen molar-refractivity contribution in [3.8, 4) is 5.75 Å². The van der Waals surface area contributed by atoms with Gasteiger partial charge in [0.15, 0.2) is 0 Å². The molecule has 1 aromatic rings. The molecule has 16 heavy (non-hydrogen) atoms. The minimum atomic E-state index is 0.439. The van der Waals surface area contributed by atoms with E-state index in [0.29, 0.717) is 17.5 Å². The van der Waals surface area contributed by atoms with Gasteiger partial charge in [-0.25, -0.2) is 0 Å². The highest BCUT2D eigenvalue weighted by Gasteiger charge is 2.11. The fourth-order valence-electron chi connectivity index (χ4n) is 1.60. The van der Waals surface area contributed by atoms with E-state index < -0.39 is 0 Å². The first-order valence-electron chi connectivity index (χ1n) is 5.33. The third-order valence-electron chi connectivity index (χ3n) is 2.54. The Balaban J connectivity index is 2.88. The van der Waals surface area contributed by atoms with Gasteiger partial charge < -0.3 is 15.4 Å². The molecule has 3 nitrogen and oxygen atoms in total. The van der Waals surface area contributed by atoms with Crippen molar-refractivity contribution in [3.63, 3.8) is 0 Å². The predicted octanol–water partition coefficient (Wildman–Crippen LogP) is 2.38. The average Bonchev–Trinajstić information content (AvgIpc) is 2.28. The Morgan fingerprint density at radius 2 is 2.19 bits per heavy atom. The number of benzene rings is 1. The first-order chi connectivity index (χ1) is 7.58. The van der Waals surface area contributed by atoms with Crippen LogP contribution in [0, 0.1) is 5.92 Å². The van der Waals surface area contributed by atoms with E-state index in [9.17, 15) is 0 Å².